The average Bonchev–Trinajstić information content (AvgIpc) is 2.28. The second-order valence-corrected chi connectivity index (χ2v) is 4.03. The van der Waals surface area contributed by atoms with Crippen LogP contribution < -0.4 is 0 Å². The lowest BCUT2D eigenvalue weighted by Gasteiger charge is -2.03. The normalized spacial score (nSPS) is 10.0. The van der Waals surface area contributed by atoms with Crippen LogP contribution >= 0.6 is 0 Å². The molecule has 0 aliphatic carbocycles. The largest absolute Gasteiger partial charge is 0.516 e. The number of esters is 1. The van der Waals surface area contributed by atoms with Crippen LogP contribution in [0.2, 0.25) is 0 Å². The minimum atomic E-state index is -0.888. The van der Waals surface area contributed by atoms with Crippen molar-refractivity contribution in [3.05, 3.63) is 0 Å². The molecule has 0 spiro atoms. The van der Waals surface area contributed by atoms with E-state index in [1.807, 2.05) is 0 Å². The van der Waals surface area contributed by atoms with Crippen molar-refractivity contribution in [3.8, 4) is 0 Å². The van der Waals surface area contributed by atoms with Crippen molar-refractivity contribution in [3.63, 3.8) is 0 Å². The highest BCUT2D eigenvalue weighted by atomic mass is 16.7. The highest BCUT2D eigenvalue weighted by Gasteiger charge is 2.10. The number of rotatable bonds is 9. The third-order valence-electron chi connectivity index (χ3n) is 2.44. The maximum absolute atomic E-state index is 11.1. The molecule has 0 saturated carbocycles. The molecule has 0 unspecified atom stereocenters. The molecule has 0 rings (SSSR count). The van der Waals surface area contributed by atoms with Gasteiger partial charge in [-0.2, -0.15) is 0 Å². The molecule has 0 aromatic rings. The van der Waals surface area contributed by atoms with Gasteiger partial charge in [-0.3, -0.25) is 4.79 Å². The standard InChI is InChI=1S/C13H24O4/c1-3-5-6-7-8-9-10-11-12(14)17-13(15)16-4-2/h3-11H2,1-2H3. The fraction of sp³-hybridized carbons (Fsp3) is 0.846. The second-order valence-electron chi connectivity index (χ2n) is 4.03. The topological polar surface area (TPSA) is 52.6 Å². The Morgan fingerprint density at radius 3 is 2.06 bits per heavy atom. The third-order valence-corrected chi connectivity index (χ3v) is 2.44. The fourth-order valence-electron chi connectivity index (χ4n) is 1.52. The van der Waals surface area contributed by atoms with Gasteiger partial charge < -0.3 is 9.47 Å². The molecule has 0 saturated heterocycles. The molecule has 0 heterocycles. The molecule has 0 atom stereocenters. The van der Waals surface area contributed by atoms with Crippen molar-refractivity contribution in [1.29, 1.82) is 0 Å². The van der Waals surface area contributed by atoms with Crippen LogP contribution in [-0.4, -0.2) is 18.7 Å². The zero-order valence-electron chi connectivity index (χ0n) is 11.0. The molecular weight excluding hydrogens is 220 g/mol. The quantitative estimate of drug-likeness (QED) is 0.351. The molecule has 17 heavy (non-hydrogen) atoms. The van der Waals surface area contributed by atoms with Crippen LogP contribution in [0, 0.1) is 0 Å². The Balaban J connectivity index is 3.30. The summed E-state index contributed by atoms with van der Waals surface area (Å²) in [5, 5.41) is 0. The van der Waals surface area contributed by atoms with E-state index >= 15 is 0 Å². The summed E-state index contributed by atoms with van der Waals surface area (Å²) in [5.74, 6) is -0.489. The van der Waals surface area contributed by atoms with Gasteiger partial charge in [0.05, 0.1) is 6.61 Å². The Labute approximate surface area is 104 Å². The van der Waals surface area contributed by atoms with Gasteiger partial charge in [-0.25, -0.2) is 4.79 Å². The second kappa shape index (κ2) is 11.4. The minimum absolute atomic E-state index is 0.226. The number of hydrogen-bond donors (Lipinski definition) is 0. The van der Waals surface area contributed by atoms with E-state index in [4.69, 9.17) is 0 Å². The molecule has 0 bridgehead atoms. The summed E-state index contributed by atoms with van der Waals surface area (Å²) < 4.78 is 8.94. The van der Waals surface area contributed by atoms with Crippen LogP contribution in [0.3, 0.4) is 0 Å². The van der Waals surface area contributed by atoms with Crippen LogP contribution in [-0.2, 0) is 14.3 Å². The summed E-state index contributed by atoms with van der Waals surface area (Å²) in [6.07, 6.45) is 7.37. The van der Waals surface area contributed by atoms with Gasteiger partial charge in [-0.1, -0.05) is 45.4 Å². The van der Waals surface area contributed by atoms with Gasteiger partial charge >= 0.3 is 12.1 Å². The predicted octanol–water partition coefficient (Wildman–Crippen LogP) is 3.83. The number of carbonyl (C=O) groups excluding carboxylic acids is 2. The molecule has 100 valence electrons. The Morgan fingerprint density at radius 2 is 1.47 bits per heavy atom. The molecule has 4 heteroatoms. The molecular formula is C13H24O4. The van der Waals surface area contributed by atoms with E-state index in [9.17, 15) is 9.59 Å². The van der Waals surface area contributed by atoms with E-state index in [2.05, 4.69) is 16.4 Å². The van der Waals surface area contributed by atoms with Gasteiger partial charge in [0.1, 0.15) is 0 Å². The van der Waals surface area contributed by atoms with Crippen molar-refractivity contribution in [2.24, 2.45) is 0 Å². The summed E-state index contributed by atoms with van der Waals surface area (Å²) in [6, 6.07) is 0. The zero-order valence-corrected chi connectivity index (χ0v) is 11.0. The van der Waals surface area contributed by atoms with Crippen LogP contribution in [0.4, 0.5) is 4.79 Å². The van der Waals surface area contributed by atoms with E-state index in [0.717, 1.165) is 19.3 Å². The Bertz CT molecular complexity index is 213. The first-order chi connectivity index (χ1) is 8.20. The smallest absolute Gasteiger partial charge is 0.434 e. The minimum Gasteiger partial charge on any atom is -0.434 e. The molecule has 0 aromatic carbocycles. The van der Waals surface area contributed by atoms with Crippen LogP contribution in [0.25, 0.3) is 0 Å². The molecule has 0 aliphatic heterocycles. The summed E-state index contributed by atoms with van der Waals surface area (Å²) in [7, 11) is 0. The van der Waals surface area contributed by atoms with E-state index < -0.39 is 12.1 Å². The molecule has 0 radical (unpaired) electrons. The molecule has 0 aromatic heterocycles. The van der Waals surface area contributed by atoms with E-state index in [1.54, 1.807) is 6.92 Å². The molecule has 0 fully saturated rings. The summed E-state index contributed by atoms with van der Waals surface area (Å²) in [6.45, 7) is 4.08. The Kier molecular flexibility index (Phi) is 10.7. The van der Waals surface area contributed by atoms with Crippen molar-refractivity contribution in [1.82, 2.24) is 0 Å². The first-order valence-electron chi connectivity index (χ1n) is 6.58. The number of unbranched alkanes of at least 4 members (excludes halogenated alkanes) is 6. The maximum Gasteiger partial charge on any atom is 0.516 e. The first-order valence-corrected chi connectivity index (χ1v) is 6.58. The van der Waals surface area contributed by atoms with Crippen LogP contribution in [0.5, 0.6) is 0 Å². The molecule has 0 amide bonds. The maximum atomic E-state index is 11.1. The Morgan fingerprint density at radius 1 is 0.882 bits per heavy atom. The fourth-order valence-corrected chi connectivity index (χ4v) is 1.52. The average molecular weight is 244 g/mol. The lowest BCUT2D eigenvalue weighted by Crippen LogP contribution is -2.13. The predicted molar refractivity (Wildman–Crippen MR) is 65.7 cm³/mol. The van der Waals surface area contributed by atoms with Gasteiger partial charge in [-0.05, 0) is 13.3 Å². The van der Waals surface area contributed by atoms with Gasteiger partial charge in [0.25, 0.3) is 0 Å². The van der Waals surface area contributed by atoms with Gasteiger partial charge in [0.15, 0.2) is 0 Å². The van der Waals surface area contributed by atoms with E-state index in [-0.39, 0.29) is 6.61 Å². The van der Waals surface area contributed by atoms with Gasteiger partial charge in [0, 0.05) is 6.42 Å². The van der Waals surface area contributed by atoms with E-state index in [1.165, 1.54) is 25.7 Å². The summed E-state index contributed by atoms with van der Waals surface area (Å²) in [4.78, 5) is 21.9. The number of ether oxygens (including phenoxy) is 2. The Hall–Kier alpha value is -1.06. The van der Waals surface area contributed by atoms with Crippen molar-refractivity contribution in [2.45, 2.75) is 65.2 Å². The third kappa shape index (κ3) is 11.2. The summed E-state index contributed by atoms with van der Waals surface area (Å²) >= 11 is 0. The SMILES string of the molecule is CCCCCCCCCC(=O)OC(=O)OCC. The molecule has 0 aliphatic rings. The highest BCUT2D eigenvalue weighted by molar-refractivity contribution is 5.81. The van der Waals surface area contributed by atoms with Crippen LogP contribution in [0.1, 0.15) is 65.2 Å². The van der Waals surface area contributed by atoms with Crippen molar-refractivity contribution in [2.75, 3.05) is 6.61 Å². The lowest BCUT2D eigenvalue weighted by atomic mass is 10.1. The first kappa shape index (κ1) is 15.9. The van der Waals surface area contributed by atoms with Crippen molar-refractivity contribution >= 4 is 12.1 Å². The van der Waals surface area contributed by atoms with Crippen molar-refractivity contribution < 1.29 is 19.1 Å². The number of hydrogen-bond acceptors (Lipinski definition) is 4. The molecule has 4 nitrogen and oxygen atoms in total. The zero-order chi connectivity index (χ0) is 12.9. The summed E-state index contributed by atoms with van der Waals surface area (Å²) in [5.41, 5.74) is 0. The van der Waals surface area contributed by atoms with Crippen LogP contribution in [0.15, 0.2) is 0 Å². The molecule has 0 N–H and O–H groups in total. The lowest BCUT2D eigenvalue weighted by molar-refractivity contribution is -0.139. The van der Waals surface area contributed by atoms with Gasteiger partial charge in [-0.15, -0.1) is 0 Å². The highest BCUT2D eigenvalue weighted by Crippen LogP contribution is 2.08. The number of carbonyl (C=O) groups is 2. The monoisotopic (exact) mass is 244 g/mol. The van der Waals surface area contributed by atoms with Gasteiger partial charge in [0.2, 0.25) is 0 Å². The van der Waals surface area contributed by atoms with E-state index in [0.29, 0.717) is 6.42 Å².